The molecule has 4 rings (SSSR count). The maximum absolute atomic E-state index is 12.2. The Labute approximate surface area is 152 Å². The summed E-state index contributed by atoms with van der Waals surface area (Å²) in [4.78, 5) is 14.4. The number of nitrogens with one attached hydrogen (secondary N) is 1. The molecule has 1 saturated heterocycles. The second-order valence-electron chi connectivity index (χ2n) is 6.33. The minimum Gasteiger partial charge on any atom is -0.477 e. The third kappa shape index (κ3) is 3.13. The summed E-state index contributed by atoms with van der Waals surface area (Å²) in [6, 6.07) is 12.0. The molecule has 0 aliphatic carbocycles. The van der Waals surface area contributed by atoms with Gasteiger partial charge in [-0.05, 0) is 17.7 Å². The second kappa shape index (κ2) is 7.35. The zero-order valence-electron chi connectivity index (χ0n) is 14.8. The lowest BCUT2D eigenvalue weighted by molar-refractivity contribution is 0.0600. The van der Waals surface area contributed by atoms with E-state index in [1.54, 1.807) is 0 Å². The molecule has 2 aromatic carbocycles. The zero-order valence-corrected chi connectivity index (χ0v) is 14.8. The Morgan fingerprint density at radius 2 is 2.04 bits per heavy atom. The average molecular weight is 354 g/mol. The summed E-state index contributed by atoms with van der Waals surface area (Å²) in [7, 11) is 1.41. The first-order valence-corrected chi connectivity index (χ1v) is 8.79. The molecule has 0 saturated carbocycles. The summed E-state index contributed by atoms with van der Waals surface area (Å²) >= 11 is 0. The number of carbonyl (C=O) groups excluding carboxylic acids is 1. The third-order valence-electron chi connectivity index (χ3n) is 4.80. The van der Waals surface area contributed by atoms with Crippen LogP contribution in [0.1, 0.15) is 15.9 Å². The van der Waals surface area contributed by atoms with Crippen molar-refractivity contribution in [2.45, 2.75) is 6.54 Å². The van der Waals surface area contributed by atoms with E-state index in [0.29, 0.717) is 25.5 Å². The fourth-order valence-electron chi connectivity index (χ4n) is 3.48. The Kier molecular flexibility index (Phi) is 4.77. The van der Waals surface area contributed by atoms with Crippen LogP contribution in [-0.2, 0) is 16.0 Å². The quantitative estimate of drug-likeness (QED) is 0.855. The number of hydrogen-bond donors (Lipinski definition) is 1. The van der Waals surface area contributed by atoms with Gasteiger partial charge in [-0.1, -0.05) is 24.3 Å². The van der Waals surface area contributed by atoms with Gasteiger partial charge in [0.1, 0.15) is 12.5 Å². The number of hydrogen-bond acceptors (Lipinski definition) is 6. The standard InChI is InChI=1S/C20H22N2O4/c1-24-20(23)17-6-5-14(11-18(17)22-7-9-25-10-8-22)16-4-2-3-15-12-21-13-26-19(15)16/h2-6,11,21H,7-10,12-13H2,1H3. The molecule has 26 heavy (non-hydrogen) atoms. The summed E-state index contributed by atoms with van der Waals surface area (Å²) in [5.74, 6) is 0.582. The molecule has 0 amide bonds. The summed E-state index contributed by atoms with van der Waals surface area (Å²) in [5.41, 5.74) is 4.65. The molecule has 1 fully saturated rings. The van der Waals surface area contributed by atoms with Gasteiger partial charge in [0.05, 0.1) is 31.6 Å². The molecule has 0 atom stereocenters. The number of rotatable bonds is 3. The number of anilines is 1. The number of carbonyl (C=O) groups is 1. The van der Waals surface area contributed by atoms with E-state index >= 15 is 0 Å². The van der Waals surface area contributed by atoms with Gasteiger partial charge in [0.25, 0.3) is 0 Å². The molecule has 2 heterocycles. The highest BCUT2D eigenvalue weighted by Crippen LogP contribution is 2.37. The Morgan fingerprint density at radius 3 is 2.85 bits per heavy atom. The van der Waals surface area contributed by atoms with Crippen LogP contribution in [0.3, 0.4) is 0 Å². The highest BCUT2D eigenvalue weighted by Gasteiger charge is 2.22. The first-order valence-electron chi connectivity index (χ1n) is 8.79. The van der Waals surface area contributed by atoms with Gasteiger partial charge in [0.15, 0.2) is 0 Å². The number of esters is 1. The predicted molar refractivity (Wildman–Crippen MR) is 98.6 cm³/mol. The first kappa shape index (κ1) is 16.9. The van der Waals surface area contributed by atoms with Crippen LogP contribution in [0.5, 0.6) is 5.75 Å². The van der Waals surface area contributed by atoms with Gasteiger partial charge in [-0.25, -0.2) is 4.79 Å². The molecule has 0 aromatic heterocycles. The smallest absolute Gasteiger partial charge is 0.339 e. The monoisotopic (exact) mass is 354 g/mol. The van der Waals surface area contributed by atoms with Gasteiger partial charge < -0.3 is 19.1 Å². The third-order valence-corrected chi connectivity index (χ3v) is 4.80. The van der Waals surface area contributed by atoms with Gasteiger partial charge in [0.2, 0.25) is 0 Å². The first-order chi connectivity index (χ1) is 12.8. The summed E-state index contributed by atoms with van der Waals surface area (Å²) in [6.07, 6.45) is 0. The van der Waals surface area contributed by atoms with Crippen LogP contribution in [0.15, 0.2) is 36.4 Å². The molecule has 6 nitrogen and oxygen atoms in total. The Hall–Kier alpha value is -2.57. The van der Waals surface area contributed by atoms with E-state index in [2.05, 4.69) is 28.4 Å². The largest absolute Gasteiger partial charge is 0.477 e. The van der Waals surface area contributed by atoms with Crippen LogP contribution in [0, 0.1) is 0 Å². The number of nitrogens with zero attached hydrogens (tertiary/aromatic N) is 1. The number of fused-ring (bicyclic) bond motifs is 1. The van der Waals surface area contributed by atoms with Crippen LogP contribution in [0.4, 0.5) is 5.69 Å². The van der Waals surface area contributed by atoms with Crippen LogP contribution < -0.4 is 15.0 Å². The number of para-hydroxylation sites is 1. The van der Waals surface area contributed by atoms with E-state index in [1.807, 2.05) is 18.2 Å². The number of morpholine rings is 1. The van der Waals surface area contributed by atoms with Gasteiger partial charge in [0, 0.05) is 30.8 Å². The van der Waals surface area contributed by atoms with Crippen molar-refractivity contribution in [2.24, 2.45) is 0 Å². The molecule has 2 aromatic rings. The van der Waals surface area contributed by atoms with Gasteiger partial charge in [-0.15, -0.1) is 0 Å². The van der Waals surface area contributed by atoms with Crippen molar-refractivity contribution in [1.82, 2.24) is 5.32 Å². The molecule has 2 aliphatic heterocycles. The van der Waals surface area contributed by atoms with Gasteiger partial charge >= 0.3 is 5.97 Å². The van der Waals surface area contributed by atoms with E-state index < -0.39 is 0 Å². The Morgan fingerprint density at radius 1 is 1.19 bits per heavy atom. The lowest BCUT2D eigenvalue weighted by Crippen LogP contribution is -2.37. The van der Waals surface area contributed by atoms with E-state index in [9.17, 15) is 4.79 Å². The summed E-state index contributed by atoms with van der Waals surface area (Å²) in [6.45, 7) is 4.10. The summed E-state index contributed by atoms with van der Waals surface area (Å²) in [5, 5.41) is 3.21. The second-order valence-corrected chi connectivity index (χ2v) is 6.33. The van der Waals surface area contributed by atoms with Crippen molar-refractivity contribution in [3.63, 3.8) is 0 Å². The molecule has 0 unspecified atom stereocenters. The van der Waals surface area contributed by atoms with Crippen molar-refractivity contribution in [1.29, 1.82) is 0 Å². The molecule has 136 valence electrons. The van der Waals surface area contributed by atoms with Crippen molar-refractivity contribution in [2.75, 3.05) is 45.0 Å². The number of ether oxygens (including phenoxy) is 3. The Balaban J connectivity index is 1.79. The topological polar surface area (TPSA) is 60.0 Å². The van der Waals surface area contributed by atoms with Gasteiger partial charge in [-0.2, -0.15) is 0 Å². The fourth-order valence-corrected chi connectivity index (χ4v) is 3.48. The van der Waals surface area contributed by atoms with E-state index in [0.717, 1.165) is 47.8 Å². The van der Waals surface area contributed by atoms with Crippen LogP contribution in [0.25, 0.3) is 11.1 Å². The van der Waals surface area contributed by atoms with Crippen LogP contribution in [-0.4, -0.2) is 46.1 Å². The van der Waals surface area contributed by atoms with E-state index in [4.69, 9.17) is 14.2 Å². The maximum Gasteiger partial charge on any atom is 0.339 e. The highest BCUT2D eigenvalue weighted by molar-refractivity contribution is 5.97. The molecular weight excluding hydrogens is 332 g/mol. The fraction of sp³-hybridized carbons (Fsp3) is 0.350. The van der Waals surface area contributed by atoms with Crippen molar-refractivity contribution >= 4 is 11.7 Å². The molecule has 1 N–H and O–H groups in total. The maximum atomic E-state index is 12.2. The molecule has 0 radical (unpaired) electrons. The lowest BCUT2D eigenvalue weighted by Gasteiger charge is -2.30. The number of methoxy groups -OCH3 is 1. The lowest BCUT2D eigenvalue weighted by atomic mass is 9.98. The molecule has 6 heteroatoms. The van der Waals surface area contributed by atoms with Crippen molar-refractivity contribution in [3.8, 4) is 16.9 Å². The molecule has 0 spiro atoms. The van der Waals surface area contributed by atoms with Crippen molar-refractivity contribution in [3.05, 3.63) is 47.5 Å². The molecule has 0 bridgehead atoms. The minimum absolute atomic E-state index is 0.325. The minimum atomic E-state index is -0.325. The average Bonchev–Trinajstić information content (AvgIpc) is 2.73. The number of benzene rings is 2. The molecule has 2 aliphatic rings. The normalized spacial score (nSPS) is 16.6. The van der Waals surface area contributed by atoms with Gasteiger partial charge in [-0.3, -0.25) is 5.32 Å². The van der Waals surface area contributed by atoms with Crippen LogP contribution >= 0.6 is 0 Å². The zero-order chi connectivity index (χ0) is 17.9. The molecular formula is C20H22N2O4. The SMILES string of the molecule is COC(=O)c1ccc(-c2cccc3c2OCNC3)cc1N1CCOCC1. The summed E-state index contributed by atoms with van der Waals surface area (Å²) < 4.78 is 16.3. The Bertz CT molecular complexity index is 815. The van der Waals surface area contributed by atoms with Crippen molar-refractivity contribution < 1.29 is 19.0 Å². The van der Waals surface area contributed by atoms with E-state index in [-0.39, 0.29) is 5.97 Å². The predicted octanol–water partition coefficient (Wildman–Crippen LogP) is 2.42. The van der Waals surface area contributed by atoms with Crippen LogP contribution in [0.2, 0.25) is 0 Å². The highest BCUT2D eigenvalue weighted by atomic mass is 16.5. The van der Waals surface area contributed by atoms with E-state index in [1.165, 1.54) is 7.11 Å².